The highest BCUT2D eigenvalue weighted by molar-refractivity contribution is 5.94. The molecule has 1 heterocycles. The van der Waals surface area contributed by atoms with Crippen LogP contribution in [-0.2, 0) is 29.4 Å². The van der Waals surface area contributed by atoms with E-state index >= 15 is 0 Å². The molecule has 1 rings (SSSR count). The van der Waals surface area contributed by atoms with Crippen LogP contribution in [0.2, 0.25) is 0 Å². The highest BCUT2D eigenvalue weighted by atomic mass is 16.5. The normalized spacial score (nSPS) is 10.4. The van der Waals surface area contributed by atoms with Crippen LogP contribution in [0, 0.1) is 6.92 Å². The van der Waals surface area contributed by atoms with E-state index in [1.54, 1.807) is 18.5 Å². The number of carboxylic acid groups (broad SMARTS) is 1. The Kier molecular flexibility index (Phi) is 4.53. The summed E-state index contributed by atoms with van der Waals surface area (Å²) in [6.45, 7) is 5.81. The summed E-state index contributed by atoms with van der Waals surface area (Å²) >= 11 is 0. The van der Waals surface area contributed by atoms with Gasteiger partial charge in [-0.15, -0.1) is 0 Å². The maximum absolute atomic E-state index is 11.9. The summed E-state index contributed by atoms with van der Waals surface area (Å²) in [4.78, 5) is 22.8. The summed E-state index contributed by atoms with van der Waals surface area (Å²) in [5, 5.41) is 8.93. The van der Waals surface area contributed by atoms with Gasteiger partial charge in [-0.1, -0.05) is 6.92 Å². The number of nitrogens with zero attached hydrogens (tertiary/aromatic N) is 1. The van der Waals surface area contributed by atoms with Gasteiger partial charge in [0.15, 0.2) is 0 Å². The molecule has 5 nitrogen and oxygen atoms in total. The van der Waals surface area contributed by atoms with E-state index in [1.165, 1.54) is 0 Å². The molecule has 0 aromatic carbocycles. The van der Waals surface area contributed by atoms with Gasteiger partial charge in [0.25, 0.3) is 0 Å². The molecule has 0 radical (unpaired) electrons. The first-order valence-electron chi connectivity index (χ1n) is 5.99. The van der Waals surface area contributed by atoms with Crippen LogP contribution in [0.1, 0.15) is 41.2 Å². The van der Waals surface area contributed by atoms with E-state index in [-0.39, 0.29) is 13.0 Å². The van der Waals surface area contributed by atoms with Crippen molar-refractivity contribution in [2.75, 3.05) is 6.61 Å². The van der Waals surface area contributed by atoms with Crippen molar-refractivity contribution in [1.29, 1.82) is 0 Å². The number of ether oxygens (including phenoxy) is 1. The Morgan fingerprint density at radius 2 is 1.89 bits per heavy atom. The minimum Gasteiger partial charge on any atom is -0.481 e. The fourth-order valence-corrected chi connectivity index (χ4v) is 2.27. The lowest BCUT2D eigenvalue weighted by Gasteiger charge is -2.06. The molecule has 1 aromatic rings. The number of carbonyl (C=O) groups is 2. The van der Waals surface area contributed by atoms with Crippen molar-refractivity contribution in [2.45, 2.75) is 33.6 Å². The molecule has 5 heteroatoms. The first-order chi connectivity index (χ1) is 8.43. The summed E-state index contributed by atoms with van der Waals surface area (Å²) in [6.07, 6.45) is 0.569. The van der Waals surface area contributed by atoms with E-state index in [1.807, 2.05) is 13.8 Å². The molecule has 0 unspecified atom stereocenters. The molecule has 0 saturated heterocycles. The predicted octanol–water partition coefficient (Wildman–Crippen LogP) is 1.70. The largest absolute Gasteiger partial charge is 0.481 e. The smallest absolute Gasteiger partial charge is 0.340 e. The van der Waals surface area contributed by atoms with Crippen LogP contribution in [0.4, 0.5) is 0 Å². The second-order valence-corrected chi connectivity index (χ2v) is 4.10. The van der Waals surface area contributed by atoms with Crippen molar-refractivity contribution in [1.82, 2.24) is 4.57 Å². The molecule has 1 aromatic heterocycles. The molecule has 0 amide bonds. The maximum Gasteiger partial charge on any atom is 0.340 e. The second-order valence-electron chi connectivity index (χ2n) is 4.10. The van der Waals surface area contributed by atoms with Crippen LogP contribution in [0.5, 0.6) is 0 Å². The van der Waals surface area contributed by atoms with Crippen molar-refractivity contribution in [3.63, 3.8) is 0 Å². The number of aromatic nitrogens is 1. The van der Waals surface area contributed by atoms with E-state index in [9.17, 15) is 9.59 Å². The van der Waals surface area contributed by atoms with E-state index < -0.39 is 11.9 Å². The third kappa shape index (κ3) is 2.55. The van der Waals surface area contributed by atoms with Crippen molar-refractivity contribution in [3.8, 4) is 0 Å². The zero-order valence-corrected chi connectivity index (χ0v) is 11.2. The Morgan fingerprint density at radius 1 is 1.28 bits per heavy atom. The predicted molar refractivity (Wildman–Crippen MR) is 66.8 cm³/mol. The van der Waals surface area contributed by atoms with Crippen molar-refractivity contribution >= 4 is 11.9 Å². The fraction of sp³-hybridized carbons (Fsp3) is 0.538. The third-order valence-corrected chi connectivity index (χ3v) is 3.04. The Bertz CT molecular complexity index is 474. The number of carboxylic acids is 1. The van der Waals surface area contributed by atoms with E-state index in [2.05, 4.69) is 0 Å². The van der Waals surface area contributed by atoms with E-state index in [4.69, 9.17) is 9.84 Å². The summed E-state index contributed by atoms with van der Waals surface area (Å²) in [6, 6.07) is 0. The molecular weight excluding hydrogens is 234 g/mol. The number of carbonyl (C=O) groups excluding carboxylic acids is 1. The van der Waals surface area contributed by atoms with Crippen LogP contribution in [0.15, 0.2) is 0 Å². The van der Waals surface area contributed by atoms with Crippen LogP contribution >= 0.6 is 0 Å². The second kappa shape index (κ2) is 5.71. The third-order valence-electron chi connectivity index (χ3n) is 3.04. The van der Waals surface area contributed by atoms with Crippen LogP contribution < -0.4 is 0 Å². The summed E-state index contributed by atoms with van der Waals surface area (Å²) in [5.41, 5.74) is 2.69. The Hall–Kier alpha value is -1.78. The van der Waals surface area contributed by atoms with Crippen LogP contribution in [0.3, 0.4) is 0 Å². The van der Waals surface area contributed by atoms with E-state index in [0.29, 0.717) is 11.3 Å². The number of rotatable bonds is 5. The molecule has 0 aliphatic rings. The minimum atomic E-state index is -0.955. The monoisotopic (exact) mass is 253 g/mol. The molecule has 0 aliphatic heterocycles. The highest BCUT2D eigenvalue weighted by Crippen LogP contribution is 2.23. The van der Waals surface area contributed by atoms with Gasteiger partial charge in [0.1, 0.15) is 0 Å². The molecule has 0 bridgehead atoms. The number of hydrogen-bond acceptors (Lipinski definition) is 3. The fourth-order valence-electron chi connectivity index (χ4n) is 2.27. The Labute approximate surface area is 106 Å². The average Bonchev–Trinajstić information content (AvgIpc) is 2.50. The van der Waals surface area contributed by atoms with Crippen molar-refractivity contribution < 1.29 is 19.4 Å². The van der Waals surface area contributed by atoms with Gasteiger partial charge >= 0.3 is 11.9 Å². The lowest BCUT2D eigenvalue weighted by atomic mass is 10.1. The average molecular weight is 253 g/mol. The van der Waals surface area contributed by atoms with Gasteiger partial charge in [0, 0.05) is 18.4 Å². The molecule has 0 atom stereocenters. The first-order valence-corrected chi connectivity index (χ1v) is 5.99. The molecule has 0 spiro atoms. The van der Waals surface area contributed by atoms with Gasteiger partial charge in [0.2, 0.25) is 0 Å². The number of aliphatic carboxylic acids is 1. The number of esters is 1. The maximum atomic E-state index is 11.9. The summed E-state index contributed by atoms with van der Waals surface area (Å²) in [5.74, 6) is -1.40. The lowest BCUT2D eigenvalue weighted by molar-refractivity contribution is -0.136. The Balaban J connectivity index is 3.36. The molecule has 1 N–H and O–H groups in total. The van der Waals surface area contributed by atoms with Gasteiger partial charge in [-0.3, -0.25) is 4.79 Å². The number of hydrogen-bond donors (Lipinski definition) is 1. The van der Waals surface area contributed by atoms with Gasteiger partial charge in [-0.05, 0) is 25.8 Å². The Morgan fingerprint density at radius 3 is 2.33 bits per heavy atom. The summed E-state index contributed by atoms with van der Waals surface area (Å²) < 4.78 is 6.79. The molecule has 100 valence electrons. The van der Waals surface area contributed by atoms with Gasteiger partial charge in [-0.25, -0.2) is 4.79 Å². The minimum absolute atomic E-state index is 0.175. The van der Waals surface area contributed by atoms with Crippen molar-refractivity contribution in [2.24, 2.45) is 7.05 Å². The first kappa shape index (κ1) is 14.3. The zero-order chi connectivity index (χ0) is 13.9. The quantitative estimate of drug-likeness (QED) is 0.811. The zero-order valence-electron chi connectivity index (χ0n) is 11.2. The summed E-state index contributed by atoms with van der Waals surface area (Å²) in [7, 11) is 1.78. The molecule has 0 aliphatic carbocycles. The molecule has 18 heavy (non-hydrogen) atoms. The van der Waals surface area contributed by atoms with Crippen LogP contribution in [-0.4, -0.2) is 28.2 Å². The standard InChI is InChI=1S/C13H19NO4/c1-5-9-8(3)12(13(17)18-6-2)10(14(9)4)7-11(15)16/h5-7H2,1-4H3,(H,15,16). The van der Waals surface area contributed by atoms with Crippen LogP contribution in [0.25, 0.3) is 0 Å². The highest BCUT2D eigenvalue weighted by Gasteiger charge is 2.24. The van der Waals surface area contributed by atoms with Gasteiger partial charge < -0.3 is 14.4 Å². The SMILES string of the molecule is CCOC(=O)c1c(C)c(CC)n(C)c1CC(=O)O. The molecular formula is C13H19NO4. The van der Waals surface area contributed by atoms with E-state index in [0.717, 1.165) is 17.7 Å². The van der Waals surface area contributed by atoms with Gasteiger partial charge in [0.05, 0.1) is 18.6 Å². The van der Waals surface area contributed by atoms with Crippen molar-refractivity contribution in [3.05, 3.63) is 22.5 Å². The van der Waals surface area contributed by atoms with Gasteiger partial charge in [-0.2, -0.15) is 0 Å². The lowest BCUT2D eigenvalue weighted by Crippen LogP contribution is -2.13. The molecule has 0 saturated carbocycles. The molecule has 0 fully saturated rings. The topological polar surface area (TPSA) is 68.5 Å².